The van der Waals surface area contributed by atoms with E-state index in [0.717, 1.165) is 33.9 Å². The van der Waals surface area contributed by atoms with E-state index in [9.17, 15) is 4.79 Å². The standard InChI is InChI=1S/C25H24N4OS/c1-17-14-15-18(2)22(16-17)26-24(30)23(20-10-6-4-7-11-20)31-25-28-27-19(3)29(25)21-12-8-5-9-13-21/h4-16,23H,1-3H3,(H,26,30)/t23-/m1/s1. The lowest BCUT2D eigenvalue weighted by Crippen LogP contribution is -2.20. The highest BCUT2D eigenvalue weighted by molar-refractivity contribution is 8.00. The minimum Gasteiger partial charge on any atom is -0.325 e. The third kappa shape index (κ3) is 4.70. The predicted molar refractivity (Wildman–Crippen MR) is 126 cm³/mol. The molecule has 0 saturated heterocycles. The van der Waals surface area contributed by atoms with Gasteiger partial charge >= 0.3 is 0 Å². The fourth-order valence-corrected chi connectivity index (χ4v) is 4.47. The van der Waals surface area contributed by atoms with Gasteiger partial charge in [-0.15, -0.1) is 10.2 Å². The first-order valence-electron chi connectivity index (χ1n) is 10.1. The number of benzene rings is 3. The van der Waals surface area contributed by atoms with E-state index in [4.69, 9.17) is 0 Å². The molecule has 1 aromatic heterocycles. The Balaban J connectivity index is 1.69. The van der Waals surface area contributed by atoms with Gasteiger partial charge in [-0.05, 0) is 55.7 Å². The summed E-state index contributed by atoms with van der Waals surface area (Å²) in [6.45, 7) is 5.93. The molecule has 0 aliphatic heterocycles. The number of hydrogen-bond donors (Lipinski definition) is 1. The number of carbonyl (C=O) groups excluding carboxylic acids is 1. The van der Waals surface area contributed by atoms with Crippen LogP contribution >= 0.6 is 11.8 Å². The number of thioether (sulfide) groups is 1. The molecular formula is C25H24N4OS. The van der Waals surface area contributed by atoms with E-state index in [2.05, 4.69) is 15.5 Å². The van der Waals surface area contributed by atoms with Crippen LogP contribution in [-0.4, -0.2) is 20.7 Å². The summed E-state index contributed by atoms with van der Waals surface area (Å²) in [4.78, 5) is 13.4. The van der Waals surface area contributed by atoms with Gasteiger partial charge < -0.3 is 5.32 Å². The second-order valence-electron chi connectivity index (χ2n) is 7.42. The second-order valence-corrected chi connectivity index (χ2v) is 8.49. The number of aromatic nitrogens is 3. The molecule has 156 valence electrons. The van der Waals surface area contributed by atoms with Gasteiger partial charge in [0, 0.05) is 11.4 Å². The molecule has 0 spiro atoms. The Morgan fingerprint density at radius 1 is 0.903 bits per heavy atom. The molecule has 0 fully saturated rings. The molecule has 5 nitrogen and oxygen atoms in total. The van der Waals surface area contributed by atoms with Crippen molar-refractivity contribution in [3.05, 3.63) is 101 Å². The molecule has 0 saturated carbocycles. The molecule has 1 heterocycles. The summed E-state index contributed by atoms with van der Waals surface area (Å²) >= 11 is 1.40. The molecule has 0 radical (unpaired) electrons. The van der Waals surface area contributed by atoms with Gasteiger partial charge in [0.25, 0.3) is 0 Å². The van der Waals surface area contributed by atoms with Gasteiger partial charge in [0.1, 0.15) is 11.1 Å². The normalized spacial score (nSPS) is 11.8. The lowest BCUT2D eigenvalue weighted by molar-refractivity contribution is -0.115. The number of anilines is 1. The molecule has 6 heteroatoms. The van der Waals surface area contributed by atoms with Gasteiger partial charge in [0.15, 0.2) is 5.16 Å². The Bertz CT molecular complexity index is 1190. The number of aryl methyl sites for hydroxylation is 3. The summed E-state index contributed by atoms with van der Waals surface area (Å²) in [5.74, 6) is 0.681. The van der Waals surface area contributed by atoms with Crippen LogP contribution in [0.3, 0.4) is 0 Å². The Morgan fingerprint density at radius 2 is 1.58 bits per heavy atom. The van der Waals surface area contributed by atoms with Crippen LogP contribution in [0, 0.1) is 20.8 Å². The van der Waals surface area contributed by atoms with Crippen LogP contribution in [0.5, 0.6) is 0 Å². The number of nitrogens with zero attached hydrogens (tertiary/aromatic N) is 3. The number of carbonyl (C=O) groups is 1. The highest BCUT2D eigenvalue weighted by atomic mass is 32.2. The maximum absolute atomic E-state index is 13.4. The monoisotopic (exact) mass is 428 g/mol. The first kappa shape index (κ1) is 20.9. The molecule has 31 heavy (non-hydrogen) atoms. The molecule has 1 amide bonds. The zero-order chi connectivity index (χ0) is 21.8. The van der Waals surface area contributed by atoms with Gasteiger partial charge in [-0.1, -0.05) is 72.4 Å². The second kappa shape index (κ2) is 9.18. The van der Waals surface area contributed by atoms with Gasteiger partial charge in [-0.2, -0.15) is 0 Å². The first-order chi connectivity index (χ1) is 15.0. The number of para-hydroxylation sites is 1. The molecule has 1 N–H and O–H groups in total. The van der Waals surface area contributed by atoms with Gasteiger partial charge in [-0.3, -0.25) is 9.36 Å². The number of amides is 1. The molecule has 4 aromatic rings. The van der Waals surface area contributed by atoms with E-state index < -0.39 is 5.25 Å². The molecular weight excluding hydrogens is 404 g/mol. The minimum atomic E-state index is -0.479. The minimum absolute atomic E-state index is 0.0924. The van der Waals surface area contributed by atoms with E-state index >= 15 is 0 Å². The third-order valence-electron chi connectivity index (χ3n) is 5.02. The lowest BCUT2D eigenvalue weighted by atomic mass is 10.1. The average Bonchev–Trinajstić information content (AvgIpc) is 3.15. The summed E-state index contributed by atoms with van der Waals surface area (Å²) < 4.78 is 1.98. The molecule has 0 aliphatic carbocycles. The third-order valence-corrected chi connectivity index (χ3v) is 6.22. The Hall–Kier alpha value is -3.38. The average molecular weight is 429 g/mol. The zero-order valence-electron chi connectivity index (χ0n) is 17.7. The summed E-state index contributed by atoms with van der Waals surface area (Å²) in [6.07, 6.45) is 0. The Labute approximate surface area is 186 Å². The highest BCUT2D eigenvalue weighted by Crippen LogP contribution is 2.37. The van der Waals surface area contributed by atoms with Crippen molar-refractivity contribution in [2.75, 3.05) is 5.32 Å². The van der Waals surface area contributed by atoms with Crippen molar-refractivity contribution in [1.29, 1.82) is 0 Å². The van der Waals surface area contributed by atoms with E-state index in [1.165, 1.54) is 11.8 Å². The fourth-order valence-electron chi connectivity index (χ4n) is 3.37. The predicted octanol–water partition coefficient (Wildman–Crippen LogP) is 5.66. The maximum atomic E-state index is 13.4. The van der Waals surface area contributed by atoms with E-state index in [0.29, 0.717) is 5.16 Å². The molecule has 0 unspecified atom stereocenters. The quantitative estimate of drug-likeness (QED) is 0.402. The summed E-state index contributed by atoms with van der Waals surface area (Å²) in [6, 6.07) is 25.8. The fraction of sp³-hybridized carbons (Fsp3) is 0.160. The summed E-state index contributed by atoms with van der Waals surface area (Å²) in [7, 11) is 0. The number of nitrogens with one attached hydrogen (secondary N) is 1. The van der Waals surface area contributed by atoms with Crippen LogP contribution in [0.4, 0.5) is 5.69 Å². The van der Waals surface area contributed by atoms with Crippen molar-refractivity contribution in [3.63, 3.8) is 0 Å². The smallest absolute Gasteiger partial charge is 0.242 e. The van der Waals surface area contributed by atoms with E-state index in [1.807, 2.05) is 104 Å². The summed E-state index contributed by atoms with van der Waals surface area (Å²) in [5.41, 5.74) is 4.83. The molecule has 3 aromatic carbocycles. The van der Waals surface area contributed by atoms with Crippen molar-refractivity contribution in [2.45, 2.75) is 31.2 Å². The van der Waals surface area contributed by atoms with Crippen LogP contribution in [-0.2, 0) is 4.79 Å². The van der Waals surface area contributed by atoms with Crippen molar-refractivity contribution >= 4 is 23.4 Å². The van der Waals surface area contributed by atoms with Gasteiger partial charge in [0.2, 0.25) is 5.91 Å². The SMILES string of the molecule is Cc1ccc(C)c(NC(=O)[C@H](Sc2nnc(C)n2-c2ccccc2)c2ccccc2)c1. The van der Waals surface area contributed by atoms with Crippen molar-refractivity contribution in [3.8, 4) is 5.69 Å². The number of hydrogen-bond acceptors (Lipinski definition) is 4. The highest BCUT2D eigenvalue weighted by Gasteiger charge is 2.26. The van der Waals surface area contributed by atoms with Crippen molar-refractivity contribution in [2.24, 2.45) is 0 Å². The topological polar surface area (TPSA) is 59.8 Å². The van der Waals surface area contributed by atoms with E-state index in [-0.39, 0.29) is 5.91 Å². The summed E-state index contributed by atoms with van der Waals surface area (Å²) in [5, 5.41) is 12.0. The lowest BCUT2D eigenvalue weighted by Gasteiger charge is -2.18. The van der Waals surface area contributed by atoms with Crippen LogP contribution < -0.4 is 5.32 Å². The molecule has 4 rings (SSSR count). The Kier molecular flexibility index (Phi) is 6.18. The van der Waals surface area contributed by atoms with Crippen LogP contribution in [0.15, 0.2) is 84.0 Å². The molecule has 1 atom stereocenters. The first-order valence-corrected chi connectivity index (χ1v) is 11.0. The van der Waals surface area contributed by atoms with Crippen molar-refractivity contribution < 1.29 is 4.79 Å². The largest absolute Gasteiger partial charge is 0.325 e. The van der Waals surface area contributed by atoms with Crippen LogP contribution in [0.1, 0.15) is 27.8 Å². The van der Waals surface area contributed by atoms with Gasteiger partial charge in [0.05, 0.1) is 0 Å². The van der Waals surface area contributed by atoms with E-state index in [1.54, 1.807) is 0 Å². The van der Waals surface area contributed by atoms with Crippen LogP contribution in [0.2, 0.25) is 0 Å². The molecule has 0 aliphatic rings. The maximum Gasteiger partial charge on any atom is 0.242 e. The van der Waals surface area contributed by atoms with Crippen molar-refractivity contribution in [1.82, 2.24) is 14.8 Å². The molecule has 0 bridgehead atoms. The van der Waals surface area contributed by atoms with Gasteiger partial charge in [-0.25, -0.2) is 0 Å². The Morgan fingerprint density at radius 3 is 2.29 bits per heavy atom. The zero-order valence-corrected chi connectivity index (χ0v) is 18.6. The van der Waals surface area contributed by atoms with Crippen LogP contribution in [0.25, 0.3) is 5.69 Å². The number of rotatable bonds is 6.